The van der Waals surface area contributed by atoms with Crippen LogP contribution in [0.15, 0.2) is 24.3 Å². The summed E-state index contributed by atoms with van der Waals surface area (Å²) in [5, 5.41) is 9.09. The molecular formula is C16H21NO2. The Balaban J connectivity index is 1.57. The van der Waals surface area contributed by atoms with Crippen LogP contribution in [0.5, 0.6) is 0 Å². The Hall–Kier alpha value is -1.35. The number of benzene rings is 1. The van der Waals surface area contributed by atoms with E-state index in [9.17, 15) is 4.79 Å². The second kappa shape index (κ2) is 4.64. The van der Waals surface area contributed by atoms with Crippen molar-refractivity contribution in [3.63, 3.8) is 0 Å². The summed E-state index contributed by atoms with van der Waals surface area (Å²) in [5.74, 6) is -0.652. The lowest BCUT2D eigenvalue weighted by Gasteiger charge is -2.32. The predicted molar refractivity (Wildman–Crippen MR) is 73.9 cm³/mol. The fraction of sp³-hybridized carbons (Fsp3) is 0.562. The van der Waals surface area contributed by atoms with Gasteiger partial charge < -0.3 is 5.11 Å². The molecule has 1 spiro atoms. The molecule has 0 radical (unpaired) electrons. The lowest BCUT2D eigenvalue weighted by Crippen LogP contribution is -2.35. The minimum Gasteiger partial charge on any atom is -0.481 e. The lowest BCUT2D eigenvalue weighted by molar-refractivity contribution is -0.139. The number of hydrogen-bond donors (Lipinski definition) is 1. The van der Waals surface area contributed by atoms with Gasteiger partial charge in [-0.15, -0.1) is 0 Å². The Kier molecular flexibility index (Phi) is 3.09. The zero-order valence-electron chi connectivity index (χ0n) is 11.4. The van der Waals surface area contributed by atoms with Gasteiger partial charge in [0.15, 0.2) is 0 Å². The number of rotatable bonds is 3. The molecule has 1 aliphatic carbocycles. The van der Waals surface area contributed by atoms with Crippen LogP contribution in [0.4, 0.5) is 0 Å². The molecule has 2 fully saturated rings. The van der Waals surface area contributed by atoms with Crippen molar-refractivity contribution >= 4 is 5.97 Å². The molecule has 102 valence electrons. The number of aliphatic carboxylic acids is 1. The Bertz CT molecular complexity index is 489. The van der Waals surface area contributed by atoms with E-state index in [1.807, 2.05) is 0 Å². The average molecular weight is 259 g/mol. The SMILES string of the molecule is Cc1ccccc1CN1CCC2(CC1)CC2C(=O)O. The third-order valence-corrected chi connectivity index (χ3v) is 4.99. The van der Waals surface area contributed by atoms with Gasteiger partial charge in [-0.3, -0.25) is 9.69 Å². The van der Waals surface area contributed by atoms with Gasteiger partial charge in [0.05, 0.1) is 5.92 Å². The van der Waals surface area contributed by atoms with E-state index in [-0.39, 0.29) is 11.3 Å². The van der Waals surface area contributed by atoms with Crippen LogP contribution in [-0.2, 0) is 11.3 Å². The number of nitrogens with zero attached hydrogens (tertiary/aromatic N) is 1. The van der Waals surface area contributed by atoms with Crippen molar-refractivity contribution < 1.29 is 9.90 Å². The quantitative estimate of drug-likeness (QED) is 0.907. The molecule has 3 heteroatoms. The van der Waals surface area contributed by atoms with Gasteiger partial charge in [-0.1, -0.05) is 24.3 Å². The van der Waals surface area contributed by atoms with Crippen molar-refractivity contribution in [2.75, 3.05) is 13.1 Å². The third-order valence-electron chi connectivity index (χ3n) is 4.99. The molecule has 1 saturated carbocycles. The Morgan fingerprint density at radius 1 is 1.37 bits per heavy atom. The first-order valence-electron chi connectivity index (χ1n) is 7.10. The van der Waals surface area contributed by atoms with Gasteiger partial charge in [0.2, 0.25) is 0 Å². The number of carboxylic acid groups (broad SMARTS) is 1. The summed E-state index contributed by atoms with van der Waals surface area (Å²) in [5.41, 5.74) is 2.88. The summed E-state index contributed by atoms with van der Waals surface area (Å²) in [6, 6.07) is 8.51. The van der Waals surface area contributed by atoms with Gasteiger partial charge in [0.25, 0.3) is 0 Å². The molecule has 1 atom stereocenters. The van der Waals surface area contributed by atoms with Gasteiger partial charge in [-0.25, -0.2) is 0 Å². The highest BCUT2D eigenvalue weighted by Gasteiger charge is 2.58. The summed E-state index contributed by atoms with van der Waals surface area (Å²) in [6.07, 6.45) is 3.01. The third kappa shape index (κ3) is 2.39. The molecule has 1 aromatic rings. The number of hydrogen-bond acceptors (Lipinski definition) is 2. The first kappa shape index (κ1) is 12.7. The summed E-state index contributed by atoms with van der Waals surface area (Å²) < 4.78 is 0. The van der Waals surface area contributed by atoms with E-state index in [0.29, 0.717) is 0 Å². The molecule has 1 saturated heterocycles. The molecule has 0 bridgehead atoms. The zero-order chi connectivity index (χ0) is 13.5. The van der Waals surface area contributed by atoms with Gasteiger partial charge in [0.1, 0.15) is 0 Å². The highest BCUT2D eigenvalue weighted by molar-refractivity contribution is 5.74. The minimum atomic E-state index is -0.590. The maximum atomic E-state index is 11.0. The van der Waals surface area contributed by atoms with Crippen LogP contribution >= 0.6 is 0 Å². The van der Waals surface area contributed by atoms with E-state index in [1.54, 1.807) is 0 Å². The smallest absolute Gasteiger partial charge is 0.307 e. The number of likely N-dealkylation sites (tertiary alicyclic amines) is 1. The predicted octanol–water partition coefficient (Wildman–Crippen LogP) is 2.68. The van der Waals surface area contributed by atoms with E-state index < -0.39 is 5.97 Å². The molecule has 3 nitrogen and oxygen atoms in total. The molecule has 1 aromatic carbocycles. The molecule has 3 rings (SSSR count). The van der Waals surface area contributed by atoms with E-state index in [1.165, 1.54) is 11.1 Å². The number of aryl methyl sites for hydroxylation is 1. The van der Waals surface area contributed by atoms with Crippen LogP contribution in [0.2, 0.25) is 0 Å². The molecule has 19 heavy (non-hydrogen) atoms. The molecule has 0 amide bonds. The largest absolute Gasteiger partial charge is 0.481 e. The molecule has 1 N–H and O–H groups in total. The van der Waals surface area contributed by atoms with Crippen LogP contribution in [0, 0.1) is 18.3 Å². The van der Waals surface area contributed by atoms with Crippen molar-refractivity contribution in [3.8, 4) is 0 Å². The Labute approximate surface area is 114 Å². The number of carboxylic acids is 1. The van der Waals surface area contributed by atoms with Crippen molar-refractivity contribution in [1.29, 1.82) is 0 Å². The monoisotopic (exact) mass is 259 g/mol. The van der Waals surface area contributed by atoms with Crippen molar-refractivity contribution in [3.05, 3.63) is 35.4 Å². The van der Waals surface area contributed by atoms with Crippen LogP contribution in [0.1, 0.15) is 30.4 Å². The standard InChI is InChI=1S/C16H21NO2/c1-12-4-2-3-5-13(12)11-17-8-6-16(7-9-17)10-14(16)15(18)19/h2-5,14H,6-11H2,1H3,(H,18,19). The molecule has 0 aromatic heterocycles. The molecular weight excluding hydrogens is 238 g/mol. The zero-order valence-corrected chi connectivity index (χ0v) is 11.4. The maximum Gasteiger partial charge on any atom is 0.307 e. The van der Waals surface area contributed by atoms with E-state index in [2.05, 4.69) is 36.1 Å². The highest BCUT2D eigenvalue weighted by Crippen LogP contribution is 2.59. The molecule has 1 unspecified atom stereocenters. The van der Waals surface area contributed by atoms with Gasteiger partial charge in [0, 0.05) is 6.54 Å². The van der Waals surface area contributed by atoms with Crippen molar-refractivity contribution in [2.45, 2.75) is 32.7 Å². The van der Waals surface area contributed by atoms with Gasteiger partial charge in [-0.05, 0) is 55.8 Å². The lowest BCUT2D eigenvalue weighted by atomic mass is 9.90. The van der Waals surface area contributed by atoms with Crippen LogP contribution in [0.25, 0.3) is 0 Å². The normalized spacial score (nSPS) is 25.4. The summed E-state index contributed by atoms with van der Waals surface area (Å²) in [7, 11) is 0. The second-order valence-electron chi connectivity index (χ2n) is 6.16. The van der Waals surface area contributed by atoms with Crippen LogP contribution in [0.3, 0.4) is 0 Å². The second-order valence-corrected chi connectivity index (χ2v) is 6.16. The van der Waals surface area contributed by atoms with E-state index >= 15 is 0 Å². The first-order valence-corrected chi connectivity index (χ1v) is 7.10. The van der Waals surface area contributed by atoms with E-state index in [4.69, 9.17) is 5.11 Å². The topological polar surface area (TPSA) is 40.5 Å². The Morgan fingerprint density at radius 2 is 2.05 bits per heavy atom. The van der Waals surface area contributed by atoms with E-state index in [0.717, 1.165) is 38.9 Å². The van der Waals surface area contributed by atoms with Crippen molar-refractivity contribution in [1.82, 2.24) is 4.90 Å². The average Bonchev–Trinajstić information content (AvgIpc) is 3.10. The van der Waals surface area contributed by atoms with Gasteiger partial charge >= 0.3 is 5.97 Å². The summed E-state index contributed by atoms with van der Waals surface area (Å²) in [4.78, 5) is 13.5. The maximum absolute atomic E-state index is 11.0. The molecule has 1 aliphatic heterocycles. The van der Waals surface area contributed by atoms with Crippen molar-refractivity contribution in [2.24, 2.45) is 11.3 Å². The van der Waals surface area contributed by atoms with Gasteiger partial charge in [-0.2, -0.15) is 0 Å². The number of piperidine rings is 1. The minimum absolute atomic E-state index is 0.0619. The molecule has 2 aliphatic rings. The van der Waals surface area contributed by atoms with Crippen LogP contribution in [-0.4, -0.2) is 29.1 Å². The number of carbonyl (C=O) groups is 1. The Morgan fingerprint density at radius 3 is 2.63 bits per heavy atom. The first-order chi connectivity index (χ1) is 9.11. The van der Waals surface area contributed by atoms with Crippen LogP contribution < -0.4 is 0 Å². The summed E-state index contributed by atoms with van der Waals surface area (Å²) >= 11 is 0. The highest BCUT2D eigenvalue weighted by atomic mass is 16.4. The fourth-order valence-corrected chi connectivity index (χ4v) is 3.43. The summed E-state index contributed by atoms with van der Waals surface area (Å²) in [6.45, 7) is 5.23. The fourth-order valence-electron chi connectivity index (χ4n) is 3.43. The molecule has 1 heterocycles.